The van der Waals surface area contributed by atoms with Crippen LogP contribution in [0.15, 0.2) is 36.4 Å². The lowest BCUT2D eigenvalue weighted by Crippen LogP contribution is -2.60. The molecule has 1 aromatic rings. The van der Waals surface area contributed by atoms with E-state index in [2.05, 4.69) is 17.1 Å². The highest BCUT2D eigenvalue weighted by atomic mass is 19.1. The zero-order valence-corrected chi connectivity index (χ0v) is 18.7. The van der Waals surface area contributed by atoms with E-state index in [-0.39, 0.29) is 23.1 Å². The number of hydrogen-bond donors (Lipinski definition) is 2. The average molecular weight is 440 g/mol. The van der Waals surface area contributed by atoms with Gasteiger partial charge in [-0.15, -0.1) is 0 Å². The summed E-state index contributed by atoms with van der Waals surface area (Å²) in [5.41, 5.74) is 11.1. The van der Waals surface area contributed by atoms with Crippen LogP contribution in [0, 0.1) is 33.9 Å². The number of rotatable bonds is 9. The van der Waals surface area contributed by atoms with Crippen molar-refractivity contribution >= 4 is 11.8 Å². The number of primary amides is 2. The van der Waals surface area contributed by atoms with Crippen LogP contribution in [-0.2, 0) is 16.0 Å². The maximum atomic E-state index is 13.6. The molecule has 1 saturated heterocycles. The maximum absolute atomic E-state index is 13.6. The van der Waals surface area contributed by atoms with Gasteiger partial charge < -0.3 is 16.4 Å². The Balaban J connectivity index is 1.50. The van der Waals surface area contributed by atoms with Crippen molar-refractivity contribution in [3.8, 4) is 0 Å². The number of likely N-dealkylation sites (tertiary alicyclic amines) is 1. The molecular formula is C26H34FN3O2. The molecule has 1 heterocycles. The standard InChI is InChI=1S/C26H34FN3O2/c27-19-7-5-18(6-8-19)17-26(23(29)32)21-10-9-20(24(21)12-13-24)25(26,22(28)31)11-1-2-14-30-15-3-4-16-30/h5-10,20-21H,1-4,11-17H2,(H2,28,31)(H2,29,32)/t20-,21+,25+,26+/m1/s1. The fraction of sp³-hybridized carbons (Fsp3) is 0.615. The lowest BCUT2D eigenvalue weighted by atomic mass is 9.53. The third-order valence-corrected chi connectivity index (χ3v) is 9.19. The predicted octanol–water partition coefficient (Wildman–Crippen LogP) is 3.17. The van der Waals surface area contributed by atoms with Gasteiger partial charge in [-0.25, -0.2) is 4.39 Å². The maximum Gasteiger partial charge on any atom is 0.225 e. The number of allylic oxidation sites excluding steroid dienone is 2. The van der Waals surface area contributed by atoms with Crippen LogP contribution in [0.5, 0.6) is 0 Å². The molecule has 2 amide bonds. The molecule has 0 radical (unpaired) electrons. The molecule has 0 aromatic heterocycles. The normalized spacial score (nSPS) is 34.4. The van der Waals surface area contributed by atoms with Crippen molar-refractivity contribution in [2.45, 2.75) is 51.4 Å². The lowest BCUT2D eigenvalue weighted by Gasteiger charge is -2.48. The highest BCUT2D eigenvalue weighted by Crippen LogP contribution is 2.81. The van der Waals surface area contributed by atoms with E-state index in [1.807, 2.05) is 0 Å². The molecule has 2 saturated carbocycles. The Kier molecular flexibility index (Phi) is 5.19. The zero-order chi connectivity index (χ0) is 22.6. The Morgan fingerprint density at radius 2 is 1.53 bits per heavy atom. The van der Waals surface area contributed by atoms with Crippen molar-refractivity contribution in [1.82, 2.24) is 4.90 Å². The van der Waals surface area contributed by atoms with Gasteiger partial charge in [0.1, 0.15) is 5.82 Å². The van der Waals surface area contributed by atoms with E-state index in [0.717, 1.165) is 50.9 Å². The number of nitrogens with two attached hydrogens (primary N) is 2. The second-order valence-electron chi connectivity index (χ2n) is 10.6. The minimum atomic E-state index is -1.07. The zero-order valence-electron chi connectivity index (χ0n) is 18.7. The summed E-state index contributed by atoms with van der Waals surface area (Å²) < 4.78 is 13.6. The Labute approximate surface area is 189 Å². The predicted molar refractivity (Wildman–Crippen MR) is 121 cm³/mol. The monoisotopic (exact) mass is 439 g/mol. The summed E-state index contributed by atoms with van der Waals surface area (Å²) in [4.78, 5) is 29.2. The summed E-state index contributed by atoms with van der Waals surface area (Å²) in [6, 6.07) is 6.22. The van der Waals surface area contributed by atoms with Crippen molar-refractivity contribution < 1.29 is 14.0 Å². The molecular weight excluding hydrogens is 405 g/mol. The van der Waals surface area contributed by atoms with Gasteiger partial charge in [0.05, 0.1) is 10.8 Å². The average Bonchev–Trinajstić information content (AvgIpc) is 3.13. The van der Waals surface area contributed by atoms with E-state index in [1.54, 1.807) is 12.1 Å². The van der Waals surface area contributed by atoms with E-state index in [9.17, 15) is 14.0 Å². The van der Waals surface area contributed by atoms with Gasteiger partial charge in [-0.05, 0) is 99.5 Å². The van der Waals surface area contributed by atoms with Crippen LogP contribution >= 0.6 is 0 Å². The van der Waals surface area contributed by atoms with Gasteiger partial charge in [-0.3, -0.25) is 9.59 Å². The van der Waals surface area contributed by atoms with Crippen molar-refractivity contribution in [3.63, 3.8) is 0 Å². The summed E-state index contributed by atoms with van der Waals surface area (Å²) >= 11 is 0. The molecule has 4 aliphatic rings. The van der Waals surface area contributed by atoms with Crippen molar-refractivity contribution in [1.29, 1.82) is 0 Å². The van der Waals surface area contributed by atoms with Crippen LogP contribution in [0.3, 0.4) is 0 Å². The third-order valence-electron chi connectivity index (χ3n) is 9.19. The number of unbranched alkanes of at least 4 members (excludes halogenated alkanes) is 1. The number of amides is 2. The van der Waals surface area contributed by atoms with Gasteiger partial charge in [-0.2, -0.15) is 0 Å². The molecule has 32 heavy (non-hydrogen) atoms. The number of hydrogen-bond acceptors (Lipinski definition) is 3. The number of carbonyl (C=O) groups excluding carboxylic acids is 2. The number of carbonyl (C=O) groups is 2. The molecule has 1 spiro atoms. The van der Waals surface area contributed by atoms with Crippen LogP contribution in [0.2, 0.25) is 0 Å². The van der Waals surface area contributed by atoms with Crippen LogP contribution in [0.1, 0.15) is 50.5 Å². The van der Waals surface area contributed by atoms with Crippen molar-refractivity contribution in [2.75, 3.05) is 19.6 Å². The lowest BCUT2D eigenvalue weighted by molar-refractivity contribution is -0.151. The van der Waals surface area contributed by atoms with E-state index < -0.39 is 22.6 Å². The van der Waals surface area contributed by atoms with Crippen LogP contribution in [0.4, 0.5) is 4.39 Å². The summed E-state index contributed by atoms with van der Waals surface area (Å²) in [5.74, 6) is -1.30. The molecule has 4 N–H and O–H groups in total. The molecule has 172 valence electrons. The highest BCUT2D eigenvalue weighted by molar-refractivity contribution is 5.95. The van der Waals surface area contributed by atoms with Gasteiger partial charge in [0.2, 0.25) is 11.8 Å². The first-order valence-electron chi connectivity index (χ1n) is 12.1. The van der Waals surface area contributed by atoms with Gasteiger partial charge in [0, 0.05) is 0 Å². The second-order valence-corrected chi connectivity index (χ2v) is 10.6. The summed E-state index contributed by atoms with van der Waals surface area (Å²) in [7, 11) is 0. The number of nitrogens with zero attached hydrogens (tertiary/aromatic N) is 1. The van der Waals surface area contributed by atoms with E-state index in [4.69, 9.17) is 11.5 Å². The van der Waals surface area contributed by atoms with E-state index in [1.165, 1.54) is 25.0 Å². The first-order chi connectivity index (χ1) is 15.4. The molecule has 1 aliphatic heterocycles. The fourth-order valence-corrected chi connectivity index (χ4v) is 7.70. The largest absolute Gasteiger partial charge is 0.369 e. The smallest absolute Gasteiger partial charge is 0.225 e. The van der Waals surface area contributed by atoms with Gasteiger partial charge >= 0.3 is 0 Å². The van der Waals surface area contributed by atoms with Gasteiger partial charge in [0.15, 0.2) is 0 Å². The topological polar surface area (TPSA) is 89.4 Å². The minimum absolute atomic E-state index is 0.0442. The highest BCUT2D eigenvalue weighted by Gasteiger charge is 2.81. The van der Waals surface area contributed by atoms with Crippen molar-refractivity contribution in [2.24, 2.45) is 39.5 Å². The van der Waals surface area contributed by atoms with Gasteiger partial charge in [-0.1, -0.05) is 30.7 Å². The van der Waals surface area contributed by atoms with Crippen LogP contribution in [0.25, 0.3) is 0 Å². The molecule has 2 bridgehead atoms. The van der Waals surface area contributed by atoms with Gasteiger partial charge in [0.25, 0.3) is 0 Å². The Morgan fingerprint density at radius 1 is 0.938 bits per heavy atom. The van der Waals surface area contributed by atoms with E-state index in [0.29, 0.717) is 12.8 Å². The number of benzene rings is 1. The Bertz CT molecular complexity index is 935. The Morgan fingerprint density at radius 3 is 2.09 bits per heavy atom. The quantitative estimate of drug-likeness (QED) is 0.457. The summed E-state index contributed by atoms with van der Waals surface area (Å²) in [5, 5.41) is 0. The molecule has 6 heteroatoms. The molecule has 5 nitrogen and oxygen atoms in total. The van der Waals surface area contributed by atoms with E-state index >= 15 is 0 Å². The molecule has 3 fully saturated rings. The first kappa shape index (κ1) is 21.6. The Hall–Kier alpha value is -2.21. The molecule has 3 aliphatic carbocycles. The second kappa shape index (κ2) is 7.68. The van der Waals surface area contributed by atoms with Crippen molar-refractivity contribution in [3.05, 3.63) is 47.8 Å². The molecule has 5 rings (SSSR count). The minimum Gasteiger partial charge on any atom is -0.369 e. The number of halogens is 1. The third kappa shape index (κ3) is 2.91. The summed E-state index contributed by atoms with van der Waals surface area (Å²) in [6.07, 6.45) is 11.5. The summed E-state index contributed by atoms with van der Waals surface area (Å²) in [6.45, 7) is 3.31. The molecule has 1 aromatic carbocycles. The first-order valence-corrected chi connectivity index (χ1v) is 12.1. The molecule has 0 unspecified atom stereocenters. The fourth-order valence-electron chi connectivity index (χ4n) is 7.70. The SMILES string of the molecule is NC(=O)[C@]1(CCCCN2CCCC2)[C@@H]2C=C[C@@H](C23CC3)[C@@]1(Cc1ccc(F)cc1)C(N)=O. The molecule has 4 atom stereocenters. The van der Waals surface area contributed by atoms with Crippen LogP contribution < -0.4 is 11.5 Å². The van der Waals surface area contributed by atoms with Crippen LogP contribution in [-0.4, -0.2) is 36.3 Å².